The molecule has 0 spiro atoms. The summed E-state index contributed by atoms with van der Waals surface area (Å²) in [6, 6.07) is 11.5. The molecule has 0 heterocycles. The summed E-state index contributed by atoms with van der Waals surface area (Å²) in [6.45, 7) is 2.06. The number of hydrogen-bond donors (Lipinski definition) is 1. The van der Waals surface area contributed by atoms with Crippen LogP contribution in [0.4, 0.5) is 0 Å². The number of benzene rings is 1. The van der Waals surface area contributed by atoms with Gasteiger partial charge in [-0.05, 0) is 12.5 Å². The van der Waals surface area contributed by atoms with Gasteiger partial charge in [-0.25, -0.2) is 0 Å². The summed E-state index contributed by atoms with van der Waals surface area (Å²) >= 11 is 0. The molecule has 0 aliphatic rings. The molecule has 0 aromatic heterocycles. The number of carbonyl (C=O) groups is 1. The first kappa shape index (κ1) is 10.3. The van der Waals surface area contributed by atoms with Crippen LogP contribution in [0.1, 0.15) is 12.5 Å². The quantitative estimate of drug-likeness (QED) is 0.780. The molecule has 0 fully saturated rings. The van der Waals surface area contributed by atoms with E-state index in [4.69, 9.17) is 5.26 Å². The molecular formula is C11H12N2O. The van der Waals surface area contributed by atoms with Crippen molar-refractivity contribution in [2.75, 3.05) is 0 Å². The first-order valence-electron chi connectivity index (χ1n) is 4.45. The van der Waals surface area contributed by atoms with Crippen molar-refractivity contribution in [3.63, 3.8) is 0 Å². The molecule has 1 atom stereocenters. The lowest BCUT2D eigenvalue weighted by molar-refractivity contribution is -0.123. The maximum atomic E-state index is 11.2. The number of nitrogens with one attached hydrogen (secondary N) is 1. The van der Waals surface area contributed by atoms with Crippen molar-refractivity contribution in [3.8, 4) is 6.07 Å². The highest BCUT2D eigenvalue weighted by Crippen LogP contribution is 1.98. The molecule has 0 aliphatic heterocycles. The molecule has 0 aliphatic carbocycles. The van der Waals surface area contributed by atoms with Gasteiger partial charge in [0.15, 0.2) is 0 Å². The van der Waals surface area contributed by atoms with Crippen LogP contribution in [0.3, 0.4) is 0 Å². The summed E-state index contributed by atoms with van der Waals surface area (Å²) in [5.41, 5.74) is 1.03. The molecule has 0 radical (unpaired) electrons. The first-order valence-corrected chi connectivity index (χ1v) is 4.45. The number of hydrogen-bond acceptors (Lipinski definition) is 2. The molecule has 0 bridgehead atoms. The molecular weight excluding hydrogens is 176 g/mol. The van der Waals surface area contributed by atoms with Gasteiger partial charge in [0, 0.05) is 6.54 Å². The Labute approximate surface area is 83.4 Å². The van der Waals surface area contributed by atoms with E-state index in [-0.39, 0.29) is 5.91 Å². The van der Waals surface area contributed by atoms with Gasteiger partial charge in [0.2, 0.25) is 5.91 Å². The maximum Gasteiger partial charge on any atom is 0.237 e. The highest BCUT2D eigenvalue weighted by atomic mass is 16.1. The molecule has 1 N–H and O–H groups in total. The van der Waals surface area contributed by atoms with Crippen LogP contribution in [0, 0.1) is 17.2 Å². The van der Waals surface area contributed by atoms with Crippen LogP contribution >= 0.6 is 0 Å². The number of nitriles is 1. The van der Waals surface area contributed by atoms with Crippen molar-refractivity contribution >= 4 is 5.91 Å². The Bertz CT molecular complexity index is 340. The smallest absolute Gasteiger partial charge is 0.237 e. The van der Waals surface area contributed by atoms with Crippen LogP contribution < -0.4 is 5.32 Å². The molecule has 1 aromatic rings. The second-order valence-electron chi connectivity index (χ2n) is 3.05. The summed E-state index contributed by atoms with van der Waals surface area (Å²) in [5.74, 6) is -0.810. The van der Waals surface area contributed by atoms with Gasteiger partial charge in [0.25, 0.3) is 0 Å². The number of rotatable bonds is 3. The van der Waals surface area contributed by atoms with E-state index in [0.29, 0.717) is 6.54 Å². The Hall–Kier alpha value is -1.82. The fourth-order valence-electron chi connectivity index (χ4n) is 0.997. The Balaban J connectivity index is 2.43. The van der Waals surface area contributed by atoms with Gasteiger partial charge in [0.05, 0.1) is 6.07 Å². The van der Waals surface area contributed by atoms with E-state index in [1.807, 2.05) is 36.4 Å². The van der Waals surface area contributed by atoms with Crippen molar-refractivity contribution in [3.05, 3.63) is 35.9 Å². The summed E-state index contributed by atoms with van der Waals surface area (Å²) < 4.78 is 0. The van der Waals surface area contributed by atoms with E-state index in [1.165, 1.54) is 0 Å². The maximum absolute atomic E-state index is 11.2. The molecule has 0 saturated carbocycles. The fraction of sp³-hybridized carbons (Fsp3) is 0.273. The van der Waals surface area contributed by atoms with Crippen LogP contribution in [0.2, 0.25) is 0 Å². The van der Waals surface area contributed by atoms with Gasteiger partial charge in [-0.15, -0.1) is 0 Å². The number of carbonyl (C=O) groups excluding carboxylic acids is 1. The Kier molecular flexibility index (Phi) is 3.69. The zero-order valence-electron chi connectivity index (χ0n) is 8.03. The summed E-state index contributed by atoms with van der Waals surface area (Å²) in [7, 11) is 0. The van der Waals surface area contributed by atoms with E-state index in [0.717, 1.165) is 5.56 Å². The summed E-state index contributed by atoms with van der Waals surface area (Å²) in [4.78, 5) is 11.2. The predicted octanol–water partition coefficient (Wildman–Crippen LogP) is 1.46. The van der Waals surface area contributed by atoms with Gasteiger partial charge in [-0.1, -0.05) is 30.3 Å². The molecule has 72 valence electrons. The minimum absolute atomic E-state index is 0.226. The van der Waals surface area contributed by atoms with E-state index in [2.05, 4.69) is 5.32 Å². The fourth-order valence-corrected chi connectivity index (χ4v) is 0.997. The highest BCUT2D eigenvalue weighted by molar-refractivity contribution is 5.80. The average Bonchev–Trinajstić information content (AvgIpc) is 2.26. The zero-order valence-corrected chi connectivity index (χ0v) is 8.03. The van der Waals surface area contributed by atoms with E-state index in [9.17, 15) is 4.79 Å². The van der Waals surface area contributed by atoms with Crippen LogP contribution in [0.25, 0.3) is 0 Å². The lowest BCUT2D eigenvalue weighted by Crippen LogP contribution is -2.27. The molecule has 1 amide bonds. The van der Waals surface area contributed by atoms with Crippen LogP contribution in [0.5, 0.6) is 0 Å². The predicted molar refractivity (Wildman–Crippen MR) is 53.1 cm³/mol. The van der Waals surface area contributed by atoms with Crippen molar-refractivity contribution in [1.29, 1.82) is 5.26 Å². The van der Waals surface area contributed by atoms with Crippen LogP contribution in [-0.4, -0.2) is 5.91 Å². The Morgan fingerprint density at radius 3 is 2.71 bits per heavy atom. The Morgan fingerprint density at radius 2 is 2.14 bits per heavy atom. The van der Waals surface area contributed by atoms with E-state index < -0.39 is 5.92 Å². The second-order valence-corrected chi connectivity index (χ2v) is 3.05. The molecule has 0 saturated heterocycles. The third-order valence-corrected chi connectivity index (χ3v) is 1.90. The average molecular weight is 188 g/mol. The third-order valence-electron chi connectivity index (χ3n) is 1.90. The van der Waals surface area contributed by atoms with Crippen LogP contribution in [0.15, 0.2) is 30.3 Å². The van der Waals surface area contributed by atoms with Crippen molar-refractivity contribution in [2.24, 2.45) is 5.92 Å². The minimum Gasteiger partial charge on any atom is -0.351 e. The zero-order chi connectivity index (χ0) is 10.4. The van der Waals surface area contributed by atoms with Crippen LogP contribution in [-0.2, 0) is 11.3 Å². The van der Waals surface area contributed by atoms with Crippen molar-refractivity contribution < 1.29 is 4.79 Å². The highest BCUT2D eigenvalue weighted by Gasteiger charge is 2.09. The Morgan fingerprint density at radius 1 is 1.50 bits per heavy atom. The molecule has 1 unspecified atom stereocenters. The summed E-state index contributed by atoms with van der Waals surface area (Å²) in [6.07, 6.45) is 0. The lowest BCUT2D eigenvalue weighted by atomic mass is 10.2. The number of nitrogens with zero attached hydrogens (tertiary/aromatic N) is 1. The van der Waals surface area contributed by atoms with Gasteiger partial charge in [-0.3, -0.25) is 4.79 Å². The third kappa shape index (κ3) is 2.91. The van der Waals surface area contributed by atoms with Crippen molar-refractivity contribution in [2.45, 2.75) is 13.5 Å². The SMILES string of the molecule is CC(C#N)C(=O)NCc1ccccc1. The van der Waals surface area contributed by atoms with Gasteiger partial charge < -0.3 is 5.32 Å². The first-order chi connectivity index (χ1) is 6.74. The molecule has 14 heavy (non-hydrogen) atoms. The molecule has 1 rings (SSSR count). The van der Waals surface area contributed by atoms with E-state index >= 15 is 0 Å². The van der Waals surface area contributed by atoms with Gasteiger partial charge in [0.1, 0.15) is 5.92 Å². The molecule has 3 nitrogen and oxygen atoms in total. The topological polar surface area (TPSA) is 52.9 Å². The monoisotopic (exact) mass is 188 g/mol. The lowest BCUT2D eigenvalue weighted by Gasteiger charge is -2.05. The normalized spacial score (nSPS) is 11.4. The largest absolute Gasteiger partial charge is 0.351 e. The second kappa shape index (κ2) is 5.03. The van der Waals surface area contributed by atoms with Gasteiger partial charge in [-0.2, -0.15) is 5.26 Å². The summed E-state index contributed by atoms with van der Waals surface area (Å²) in [5, 5.41) is 11.2. The standard InChI is InChI=1S/C11H12N2O/c1-9(7-12)11(14)13-8-10-5-3-2-4-6-10/h2-6,9H,8H2,1H3,(H,13,14). The molecule has 1 aromatic carbocycles. The van der Waals surface area contributed by atoms with Gasteiger partial charge >= 0.3 is 0 Å². The molecule has 3 heteroatoms. The number of amides is 1. The minimum atomic E-state index is -0.585. The van der Waals surface area contributed by atoms with E-state index in [1.54, 1.807) is 6.92 Å². The van der Waals surface area contributed by atoms with Crippen molar-refractivity contribution in [1.82, 2.24) is 5.32 Å².